The van der Waals surface area contributed by atoms with Crippen LogP contribution in [0.15, 0.2) is 93.2 Å². The highest BCUT2D eigenvalue weighted by Crippen LogP contribution is 2.41. The fourth-order valence-corrected chi connectivity index (χ4v) is 6.19. The van der Waals surface area contributed by atoms with Gasteiger partial charge >= 0.3 is 0 Å². The molecule has 5 rings (SSSR count). The van der Waals surface area contributed by atoms with Crippen LogP contribution >= 0.6 is 39.3 Å². The van der Waals surface area contributed by atoms with E-state index in [1.165, 1.54) is 11.8 Å². The van der Waals surface area contributed by atoms with Crippen molar-refractivity contribution in [1.29, 1.82) is 0 Å². The zero-order valence-corrected chi connectivity index (χ0v) is 28.3. The van der Waals surface area contributed by atoms with Crippen LogP contribution in [0.2, 0.25) is 5.02 Å². The maximum absolute atomic E-state index is 13.8. The number of aliphatic imine (C=N–C) groups is 1. The standard InChI is InChI=1S/C35H31BrClN3O4S/c1-5-43-30-17-24(16-28(36)33(30)44-20-32(41)38-26-13-10-23(4)29(37)19-26)18-31-34(42)40(27-14-8-22(3)9-15-27)35(45-31)39-25-11-6-21(2)7-12-25/h6-19H,5,20H2,1-4H3,(H,38,41)/b31-18-,39-35?. The summed E-state index contributed by atoms with van der Waals surface area (Å²) in [6.45, 7) is 7.90. The van der Waals surface area contributed by atoms with Gasteiger partial charge in [-0.1, -0.05) is 53.1 Å². The number of anilines is 2. The molecule has 1 N–H and O–H groups in total. The number of amidine groups is 1. The minimum atomic E-state index is -0.347. The van der Waals surface area contributed by atoms with Crippen LogP contribution in [0.1, 0.15) is 29.2 Å². The van der Waals surface area contributed by atoms with E-state index in [0.717, 1.165) is 28.1 Å². The number of ether oxygens (including phenoxy) is 2. The summed E-state index contributed by atoms with van der Waals surface area (Å²) >= 11 is 11.1. The Kier molecular flexibility index (Phi) is 10.3. The molecule has 0 radical (unpaired) electrons. The monoisotopic (exact) mass is 703 g/mol. The molecule has 2 amide bonds. The fourth-order valence-electron chi connectivity index (χ4n) is 4.43. The summed E-state index contributed by atoms with van der Waals surface area (Å²) in [6.07, 6.45) is 1.80. The van der Waals surface area contributed by atoms with E-state index < -0.39 is 0 Å². The maximum Gasteiger partial charge on any atom is 0.271 e. The van der Waals surface area contributed by atoms with Crippen molar-refractivity contribution < 1.29 is 19.1 Å². The molecule has 1 saturated heterocycles. The lowest BCUT2D eigenvalue weighted by molar-refractivity contribution is -0.118. The minimum Gasteiger partial charge on any atom is -0.490 e. The average Bonchev–Trinajstić information content (AvgIpc) is 3.30. The van der Waals surface area contributed by atoms with Crippen LogP contribution in [0.4, 0.5) is 17.1 Å². The summed E-state index contributed by atoms with van der Waals surface area (Å²) in [5, 5.41) is 3.91. The van der Waals surface area contributed by atoms with Crippen LogP contribution in [0.25, 0.3) is 6.08 Å². The van der Waals surface area contributed by atoms with Crippen LogP contribution in [-0.2, 0) is 9.59 Å². The zero-order chi connectivity index (χ0) is 32.1. The van der Waals surface area contributed by atoms with E-state index in [-0.39, 0.29) is 18.4 Å². The summed E-state index contributed by atoms with van der Waals surface area (Å²) < 4.78 is 12.4. The summed E-state index contributed by atoms with van der Waals surface area (Å²) in [5.74, 6) is 0.283. The second kappa shape index (κ2) is 14.4. The van der Waals surface area contributed by atoms with E-state index in [0.29, 0.717) is 48.9 Å². The van der Waals surface area contributed by atoms with Gasteiger partial charge in [-0.05, 0) is 121 Å². The summed E-state index contributed by atoms with van der Waals surface area (Å²) in [4.78, 5) is 33.4. The first-order valence-corrected chi connectivity index (χ1v) is 16.2. The Morgan fingerprint density at radius 1 is 0.978 bits per heavy atom. The van der Waals surface area contributed by atoms with Gasteiger partial charge in [0.2, 0.25) is 0 Å². The van der Waals surface area contributed by atoms with Crippen LogP contribution in [0.5, 0.6) is 11.5 Å². The van der Waals surface area contributed by atoms with Crippen molar-refractivity contribution in [1.82, 2.24) is 0 Å². The van der Waals surface area contributed by atoms with E-state index in [4.69, 9.17) is 26.1 Å². The maximum atomic E-state index is 13.8. The number of carbonyl (C=O) groups excluding carboxylic acids is 2. The first-order chi connectivity index (χ1) is 21.6. The van der Waals surface area contributed by atoms with Gasteiger partial charge in [0.1, 0.15) is 0 Å². The Labute approximate surface area is 280 Å². The number of nitrogens with zero attached hydrogens (tertiary/aromatic N) is 2. The van der Waals surface area contributed by atoms with Crippen molar-refractivity contribution >= 4 is 79.4 Å². The molecule has 1 aliphatic rings. The van der Waals surface area contributed by atoms with Crippen LogP contribution in [0.3, 0.4) is 0 Å². The summed E-state index contributed by atoms with van der Waals surface area (Å²) in [6, 6.07) is 24.5. The molecule has 4 aromatic rings. The van der Waals surface area contributed by atoms with Gasteiger partial charge in [-0.25, -0.2) is 4.99 Å². The van der Waals surface area contributed by atoms with Crippen molar-refractivity contribution in [3.8, 4) is 11.5 Å². The van der Waals surface area contributed by atoms with Crippen molar-refractivity contribution in [2.24, 2.45) is 4.99 Å². The van der Waals surface area contributed by atoms with Crippen molar-refractivity contribution in [3.05, 3.63) is 116 Å². The second-order valence-electron chi connectivity index (χ2n) is 10.4. The predicted octanol–water partition coefficient (Wildman–Crippen LogP) is 9.25. The number of hydrogen-bond donors (Lipinski definition) is 1. The number of benzene rings is 4. The minimum absolute atomic E-state index is 0.183. The third kappa shape index (κ3) is 7.97. The molecule has 0 aromatic heterocycles. The lowest BCUT2D eigenvalue weighted by atomic mass is 10.1. The molecule has 45 heavy (non-hydrogen) atoms. The second-order valence-corrected chi connectivity index (χ2v) is 12.7. The number of thioether (sulfide) groups is 1. The van der Waals surface area contributed by atoms with E-state index in [2.05, 4.69) is 21.2 Å². The molecule has 1 fully saturated rings. The number of amides is 2. The number of hydrogen-bond acceptors (Lipinski definition) is 6. The van der Waals surface area contributed by atoms with Crippen molar-refractivity contribution in [2.75, 3.05) is 23.4 Å². The highest BCUT2D eigenvalue weighted by molar-refractivity contribution is 9.10. The fraction of sp³-hybridized carbons (Fsp3) is 0.171. The van der Waals surface area contributed by atoms with E-state index in [9.17, 15) is 9.59 Å². The molecule has 4 aromatic carbocycles. The lowest BCUT2D eigenvalue weighted by Crippen LogP contribution is -2.28. The molecule has 0 bridgehead atoms. The third-order valence-electron chi connectivity index (χ3n) is 6.79. The Balaban J connectivity index is 1.41. The normalized spacial score (nSPS) is 14.7. The number of halogens is 2. The average molecular weight is 705 g/mol. The van der Waals surface area contributed by atoms with E-state index in [1.54, 1.807) is 29.2 Å². The number of carbonyl (C=O) groups is 2. The van der Waals surface area contributed by atoms with Gasteiger partial charge in [0.15, 0.2) is 23.3 Å². The number of nitrogens with one attached hydrogen (secondary N) is 1. The van der Waals surface area contributed by atoms with Gasteiger partial charge in [0, 0.05) is 10.7 Å². The molecule has 0 saturated carbocycles. The summed E-state index contributed by atoms with van der Waals surface area (Å²) in [5.41, 5.74) is 5.93. The van der Waals surface area contributed by atoms with Crippen molar-refractivity contribution in [2.45, 2.75) is 27.7 Å². The molecular formula is C35H31BrClN3O4S. The highest BCUT2D eigenvalue weighted by Gasteiger charge is 2.35. The smallest absolute Gasteiger partial charge is 0.271 e. The van der Waals surface area contributed by atoms with Gasteiger partial charge in [0.05, 0.1) is 27.4 Å². The Morgan fingerprint density at radius 3 is 2.33 bits per heavy atom. The Bertz CT molecular complexity index is 1810. The third-order valence-corrected chi connectivity index (χ3v) is 8.76. The first kappa shape index (κ1) is 32.3. The van der Waals surface area contributed by atoms with E-state index >= 15 is 0 Å². The SMILES string of the molecule is CCOc1cc(/C=C2\SC(=Nc3ccc(C)cc3)N(c3ccc(C)cc3)C2=O)cc(Br)c1OCC(=O)Nc1ccc(C)c(Cl)c1. The molecule has 230 valence electrons. The van der Waals surface area contributed by atoms with Gasteiger partial charge in [-0.3, -0.25) is 14.5 Å². The molecule has 7 nitrogen and oxygen atoms in total. The number of aryl methyl sites for hydroxylation is 3. The lowest BCUT2D eigenvalue weighted by Gasteiger charge is -2.16. The topological polar surface area (TPSA) is 80.2 Å². The molecule has 1 aliphatic heterocycles. The molecule has 0 unspecified atom stereocenters. The molecular weight excluding hydrogens is 674 g/mol. The van der Waals surface area contributed by atoms with Crippen LogP contribution in [0, 0.1) is 20.8 Å². The Morgan fingerprint density at radius 2 is 1.67 bits per heavy atom. The summed E-state index contributed by atoms with van der Waals surface area (Å²) in [7, 11) is 0. The molecule has 0 atom stereocenters. The van der Waals surface area contributed by atoms with Crippen LogP contribution in [-0.4, -0.2) is 30.2 Å². The van der Waals surface area contributed by atoms with Crippen molar-refractivity contribution in [3.63, 3.8) is 0 Å². The van der Waals surface area contributed by atoms with Gasteiger partial charge in [-0.2, -0.15) is 0 Å². The van der Waals surface area contributed by atoms with E-state index in [1.807, 2.05) is 88.4 Å². The molecule has 1 heterocycles. The molecule has 10 heteroatoms. The Hall–Kier alpha value is -4.05. The molecule has 0 aliphatic carbocycles. The van der Waals surface area contributed by atoms with Crippen LogP contribution < -0.4 is 19.7 Å². The quantitative estimate of drug-likeness (QED) is 0.176. The van der Waals surface area contributed by atoms with Gasteiger partial charge in [-0.15, -0.1) is 0 Å². The predicted molar refractivity (Wildman–Crippen MR) is 188 cm³/mol. The first-order valence-electron chi connectivity index (χ1n) is 14.2. The highest BCUT2D eigenvalue weighted by atomic mass is 79.9. The molecule has 0 spiro atoms. The largest absolute Gasteiger partial charge is 0.490 e. The zero-order valence-electron chi connectivity index (χ0n) is 25.2. The van der Waals surface area contributed by atoms with Gasteiger partial charge in [0.25, 0.3) is 11.8 Å². The number of rotatable bonds is 9. The van der Waals surface area contributed by atoms with Gasteiger partial charge < -0.3 is 14.8 Å².